The van der Waals surface area contributed by atoms with Crippen molar-refractivity contribution in [3.8, 4) is 5.75 Å². The normalized spacial score (nSPS) is 21.5. The monoisotopic (exact) mass is 311 g/mol. The Balaban J connectivity index is 1.85. The number of aryl methyl sites for hydroxylation is 2. The van der Waals surface area contributed by atoms with Gasteiger partial charge in [0.2, 0.25) is 0 Å². The van der Waals surface area contributed by atoms with Gasteiger partial charge in [-0.2, -0.15) is 16.9 Å². The highest BCUT2D eigenvalue weighted by Crippen LogP contribution is 2.29. The van der Waals surface area contributed by atoms with Crippen LogP contribution in [0.4, 0.5) is 0 Å². The lowest BCUT2D eigenvalue weighted by Gasteiger charge is -2.20. The van der Waals surface area contributed by atoms with Crippen molar-refractivity contribution in [2.45, 2.75) is 51.3 Å². The van der Waals surface area contributed by atoms with E-state index in [1.807, 2.05) is 32.7 Å². The third-order valence-electron chi connectivity index (χ3n) is 3.97. The molecule has 1 aliphatic carbocycles. The highest BCUT2D eigenvalue weighted by Gasteiger charge is 2.28. The van der Waals surface area contributed by atoms with E-state index in [1.54, 1.807) is 4.68 Å². The quantitative estimate of drug-likeness (QED) is 0.875. The molecule has 1 N–H and O–H groups in total. The molecule has 0 saturated heterocycles. The first-order valence-corrected chi connectivity index (χ1v) is 8.61. The van der Waals surface area contributed by atoms with Gasteiger partial charge in [-0.1, -0.05) is 13.3 Å². The van der Waals surface area contributed by atoms with Crippen LogP contribution in [-0.2, 0) is 11.8 Å². The average Bonchev–Trinajstić information content (AvgIpc) is 2.95. The molecule has 0 radical (unpaired) electrons. The molecule has 0 bridgehead atoms. The molecule has 5 nitrogen and oxygen atoms in total. The van der Waals surface area contributed by atoms with E-state index in [1.165, 1.54) is 12.8 Å². The molecule has 0 unspecified atom stereocenters. The number of ether oxygens (including phenoxy) is 1. The number of hydrogen-bond acceptors (Lipinski definition) is 4. The van der Waals surface area contributed by atoms with Crippen LogP contribution in [0.15, 0.2) is 0 Å². The standard InChI is InChI=1S/C15H25N3O2S/c1-5-21-13-8-6-7-12(13)16-14(19)9-20-15-10(2)17-18(4)11(15)3/h12-13H,5-9H2,1-4H3,(H,16,19)/t12-,13-/m1/s1. The summed E-state index contributed by atoms with van der Waals surface area (Å²) in [5, 5.41) is 7.96. The molecular weight excluding hydrogens is 286 g/mol. The van der Waals surface area contributed by atoms with Crippen LogP contribution in [0.25, 0.3) is 0 Å². The van der Waals surface area contributed by atoms with Crippen molar-refractivity contribution in [3.05, 3.63) is 11.4 Å². The third-order valence-corrected chi connectivity index (χ3v) is 5.30. The van der Waals surface area contributed by atoms with Gasteiger partial charge in [0, 0.05) is 18.3 Å². The van der Waals surface area contributed by atoms with Gasteiger partial charge in [0.1, 0.15) is 5.69 Å². The van der Waals surface area contributed by atoms with E-state index in [4.69, 9.17) is 4.74 Å². The zero-order chi connectivity index (χ0) is 15.4. The van der Waals surface area contributed by atoms with E-state index in [-0.39, 0.29) is 12.5 Å². The smallest absolute Gasteiger partial charge is 0.258 e. The Kier molecular flexibility index (Phi) is 5.56. The van der Waals surface area contributed by atoms with Crippen LogP contribution in [-0.4, -0.2) is 39.3 Å². The molecule has 2 rings (SSSR count). The molecule has 2 atom stereocenters. The molecule has 1 fully saturated rings. The Hall–Kier alpha value is -1.17. The second-order valence-corrected chi connectivity index (χ2v) is 7.03. The lowest BCUT2D eigenvalue weighted by molar-refractivity contribution is -0.123. The summed E-state index contributed by atoms with van der Waals surface area (Å²) in [5.41, 5.74) is 1.77. The first kappa shape index (κ1) is 16.2. The summed E-state index contributed by atoms with van der Waals surface area (Å²) >= 11 is 1.94. The molecule has 118 valence electrons. The van der Waals surface area contributed by atoms with E-state index in [0.717, 1.165) is 29.3 Å². The van der Waals surface area contributed by atoms with Gasteiger partial charge in [-0.05, 0) is 32.4 Å². The number of hydrogen-bond donors (Lipinski definition) is 1. The van der Waals surface area contributed by atoms with Crippen LogP contribution in [0.5, 0.6) is 5.75 Å². The van der Waals surface area contributed by atoms with Crippen LogP contribution in [0.3, 0.4) is 0 Å². The second-order valence-electron chi connectivity index (χ2n) is 5.51. The van der Waals surface area contributed by atoms with Crippen LogP contribution in [0.1, 0.15) is 37.6 Å². The molecule has 1 aliphatic rings. The lowest BCUT2D eigenvalue weighted by atomic mass is 10.2. The van der Waals surface area contributed by atoms with Crippen molar-refractivity contribution in [2.75, 3.05) is 12.4 Å². The van der Waals surface area contributed by atoms with E-state index in [9.17, 15) is 4.79 Å². The summed E-state index contributed by atoms with van der Waals surface area (Å²) < 4.78 is 7.42. The molecule has 1 amide bonds. The summed E-state index contributed by atoms with van der Waals surface area (Å²) in [6.07, 6.45) is 3.48. The number of carbonyl (C=O) groups is 1. The van der Waals surface area contributed by atoms with Crippen molar-refractivity contribution >= 4 is 17.7 Å². The van der Waals surface area contributed by atoms with E-state index < -0.39 is 0 Å². The molecule has 0 aromatic carbocycles. The van der Waals surface area contributed by atoms with Crippen LogP contribution < -0.4 is 10.1 Å². The van der Waals surface area contributed by atoms with Crippen LogP contribution in [0, 0.1) is 13.8 Å². The zero-order valence-electron chi connectivity index (χ0n) is 13.3. The Morgan fingerprint density at radius 1 is 1.48 bits per heavy atom. The maximum absolute atomic E-state index is 12.1. The Labute approximate surface area is 130 Å². The minimum atomic E-state index is -0.0359. The van der Waals surface area contributed by atoms with Crippen molar-refractivity contribution < 1.29 is 9.53 Å². The SMILES string of the molecule is CCS[C@@H]1CCC[C@H]1NC(=O)COc1c(C)nn(C)c1C. The second kappa shape index (κ2) is 7.20. The number of thioether (sulfide) groups is 1. The molecular formula is C15H25N3O2S. The topological polar surface area (TPSA) is 56.1 Å². The third kappa shape index (κ3) is 3.93. The van der Waals surface area contributed by atoms with E-state index >= 15 is 0 Å². The Morgan fingerprint density at radius 3 is 2.86 bits per heavy atom. The summed E-state index contributed by atoms with van der Waals surface area (Å²) in [5.74, 6) is 1.78. The van der Waals surface area contributed by atoms with Gasteiger partial charge in [-0.25, -0.2) is 0 Å². The Bertz CT molecular complexity index is 501. The maximum Gasteiger partial charge on any atom is 0.258 e. The number of carbonyl (C=O) groups excluding carboxylic acids is 1. The molecule has 1 saturated carbocycles. The van der Waals surface area contributed by atoms with Gasteiger partial charge >= 0.3 is 0 Å². The first-order chi connectivity index (χ1) is 10.0. The number of rotatable bonds is 6. The van der Waals surface area contributed by atoms with E-state index in [2.05, 4.69) is 17.3 Å². The fourth-order valence-corrected chi connectivity index (χ4v) is 4.05. The Morgan fingerprint density at radius 2 is 2.24 bits per heavy atom. The van der Waals surface area contributed by atoms with Gasteiger partial charge in [0.05, 0.1) is 5.69 Å². The molecule has 0 spiro atoms. The largest absolute Gasteiger partial charge is 0.480 e. The van der Waals surface area contributed by atoms with Gasteiger partial charge < -0.3 is 10.1 Å². The maximum atomic E-state index is 12.1. The van der Waals surface area contributed by atoms with Gasteiger partial charge in [-0.15, -0.1) is 0 Å². The molecule has 0 aliphatic heterocycles. The van der Waals surface area contributed by atoms with Gasteiger partial charge in [0.15, 0.2) is 12.4 Å². The first-order valence-electron chi connectivity index (χ1n) is 7.56. The van der Waals surface area contributed by atoms with Crippen LogP contribution >= 0.6 is 11.8 Å². The average molecular weight is 311 g/mol. The predicted octanol–water partition coefficient (Wildman–Crippen LogP) is 2.21. The van der Waals surface area contributed by atoms with Crippen molar-refractivity contribution in [2.24, 2.45) is 7.05 Å². The number of nitrogens with one attached hydrogen (secondary N) is 1. The van der Waals surface area contributed by atoms with Crippen molar-refractivity contribution in [1.29, 1.82) is 0 Å². The molecule has 1 aromatic heterocycles. The predicted molar refractivity (Wildman–Crippen MR) is 85.9 cm³/mol. The van der Waals surface area contributed by atoms with E-state index in [0.29, 0.717) is 11.3 Å². The minimum Gasteiger partial charge on any atom is -0.480 e. The van der Waals surface area contributed by atoms with Crippen molar-refractivity contribution in [3.63, 3.8) is 0 Å². The summed E-state index contributed by atoms with van der Waals surface area (Å²) in [6, 6.07) is 0.294. The fraction of sp³-hybridized carbons (Fsp3) is 0.733. The summed E-state index contributed by atoms with van der Waals surface area (Å²) in [4.78, 5) is 12.1. The highest BCUT2D eigenvalue weighted by molar-refractivity contribution is 7.99. The lowest BCUT2D eigenvalue weighted by Crippen LogP contribution is -2.41. The van der Waals surface area contributed by atoms with Gasteiger partial charge in [-0.3, -0.25) is 9.48 Å². The molecule has 6 heteroatoms. The molecule has 1 aromatic rings. The number of nitrogens with zero attached hydrogens (tertiary/aromatic N) is 2. The summed E-state index contributed by atoms with van der Waals surface area (Å²) in [7, 11) is 1.88. The zero-order valence-corrected chi connectivity index (χ0v) is 14.1. The molecule has 21 heavy (non-hydrogen) atoms. The summed E-state index contributed by atoms with van der Waals surface area (Å²) in [6.45, 7) is 6.07. The van der Waals surface area contributed by atoms with Crippen molar-refractivity contribution in [1.82, 2.24) is 15.1 Å². The molecule has 1 heterocycles. The van der Waals surface area contributed by atoms with Crippen LogP contribution in [0.2, 0.25) is 0 Å². The highest BCUT2D eigenvalue weighted by atomic mass is 32.2. The fourth-order valence-electron chi connectivity index (χ4n) is 2.85. The number of aromatic nitrogens is 2. The number of amides is 1. The van der Waals surface area contributed by atoms with Gasteiger partial charge in [0.25, 0.3) is 5.91 Å². The minimum absolute atomic E-state index is 0.0359.